The van der Waals surface area contributed by atoms with Crippen molar-refractivity contribution in [1.29, 1.82) is 0 Å². The van der Waals surface area contributed by atoms with Crippen molar-refractivity contribution in [1.82, 2.24) is 25.3 Å². The number of amides is 1. The van der Waals surface area contributed by atoms with Crippen molar-refractivity contribution in [2.45, 2.75) is 52.0 Å². The van der Waals surface area contributed by atoms with E-state index in [0.29, 0.717) is 18.3 Å². The highest BCUT2D eigenvalue weighted by atomic mass is 16.5. The smallest absolute Gasteiger partial charge is 0.241 e. The lowest BCUT2D eigenvalue weighted by Crippen LogP contribution is -2.40. The Morgan fingerprint density at radius 2 is 1.87 bits per heavy atom. The topological polar surface area (TPSA) is 74.5 Å². The first-order valence-corrected chi connectivity index (χ1v) is 11.3. The summed E-state index contributed by atoms with van der Waals surface area (Å²) < 4.78 is 5.49. The van der Waals surface area contributed by atoms with Crippen molar-refractivity contribution in [3.8, 4) is 11.4 Å². The normalized spacial score (nSPS) is 16.1. The van der Waals surface area contributed by atoms with Gasteiger partial charge in [0.2, 0.25) is 17.6 Å². The summed E-state index contributed by atoms with van der Waals surface area (Å²) in [5.41, 5.74) is 2.37. The Labute approximate surface area is 186 Å². The Morgan fingerprint density at radius 3 is 2.48 bits per heavy atom. The molecule has 1 aliphatic heterocycles. The number of carbonyl (C=O) groups excluding carboxylic acids is 1. The number of benzene rings is 1. The fourth-order valence-electron chi connectivity index (χ4n) is 3.85. The van der Waals surface area contributed by atoms with Gasteiger partial charge in [-0.2, -0.15) is 4.98 Å². The van der Waals surface area contributed by atoms with E-state index in [4.69, 9.17) is 4.52 Å². The number of carbonyl (C=O) groups is 1. The van der Waals surface area contributed by atoms with Gasteiger partial charge in [0.25, 0.3) is 0 Å². The highest BCUT2D eigenvalue weighted by molar-refractivity contribution is 5.78. The first-order chi connectivity index (χ1) is 14.7. The predicted octanol–water partition coefficient (Wildman–Crippen LogP) is 3.31. The third-order valence-electron chi connectivity index (χ3n) is 5.88. The second kappa shape index (κ2) is 10.4. The lowest BCUT2D eigenvalue weighted by atomic mass is 9.87. The van der Waals surface area contributed by atoms with Gasteiger partial charge in [0, 0.05) is 18.0 Å². The zero-order valence-electron chi connectivity index (χ0n) is 19.6. The van der Waals surface area contributed by atoms with E-state index in [9.17, 15) is 4.79 Å². The van der Waals surface area contributed by atoms with Gasteiger partial charge in [-0.15, -0.1) is 0 Å². The molecule has 1 fully saturated rings. The largest absolute Gasteiger partial charge is 0.356 e. The highest BCUT2D eigenvalue weighted by Gasteiger charge is 2.26. The summed E-state index contributed by atoms with van der Waals surface area (Å²) in [7, 11) is 4.10. The van der Waals surface area contributed by atoms with Gasteiger partial charge in [0.1, 0.15) is 0 Å². The van der Waals surface area contributed by atoms with Gasteiger partial charge < -0.3 is 14.7 Å². The maximum Gasteiger partial charge on any atom is 0.241 e. The van der Waals surface area contributed by atoms with Crippen LogP contribution in [0.4, 0.5) is 0 Å². The molecule has 1 N–H and O–H groups in total. The Hall–Kier alpha value is -2.25. The zero-order valence-corrected chi connectivity index (χ0v) is 19.6. The number of nitrogens with zero attached hydrogens (tertiary/aromatic N) is 4. The molecular weight excluding hydrogens is 390 g/mol. The van der Waals surface area contributed by atoms with Crippen LogP contribution >= 0.6 is 0 Å². The summed E-state index contributed by atoms with van der Waals surface area (Å²) >= 11 is 0. The fourth-order valence-corrected chi connectivity index (χ4v) is 3.85. The maximum atomic E-state index is 12.4. The van der Waals surface area contributed by atoms with Gasteiger partial charge in [-0.05, 0) is 64.0 Å². The van der Waals surface area contributed by atoms with Crippen LogP contribution in [0, 0.1) is 5.92 Å². The first-order valence-electron chi connectivity index (χ1n) is 11.3. The molecule has 0 spiro atoms. The van der Waals surface area contributed by atoms with E-state index in [1.807, 2.05) is 14.1 Å². The van der Waals surface area contributed by atoms with Crippen molar-refractivity contribution >= 4 is 5.91 Å². The second-order valence-corrected chi connectivity index (χ2v) is 9.84. The SMILES string of the molecule is CN(C)CCCNC(=O)C1CCN(Cc2nc(-c3ccc(C(C)(C)C)cc3)no2)CC1. The Balaban J connectivity index is 1.45. The molecule has 170 valence electrons. The number of hydrogen-bond donors (Lipinski definition) is 1. The lowest BCUT2D eigenvalue weighted by molar-refractivity contribution is -0.126. The molecule has 0 unspecified atom stereocenters. The molecule has 7 nitrogen and oxygen atoms in total. The molecule has 1 aromatic heterocycles. The molecule has 1 amide bonds. The van der Waals surface area contributed by atoms with Crippen LogP contribution in [0.15, 0.2) is 28.8 Å². The summed E-state index contributed by atoms with van der Waals surface area (Å²) in [6, 6.07) is 8.36. The van der Waals surface area contributed by atoms with E-state index in [1.54, 1.807) is 0 Å². The number of rotatable bonds is 8. The predicted molar refractivity (Wildman–Crippen MR) is 123 cm³/mol. The van der Waals surface area contributed by atoms with E-state index < -0.39 is 0 Å². The van der Waals surface area contributed by atoms with E-state index in [1.165, 1.54) is 5.56 Å². The number of piperidine rings is 1. The highest BCUT2D eigenvalue weighted by Crippen LogP contribution is 2.25. The van der Waals surface area contributed by atoms with E-state index in [2.05, 4.69) is 70.3 Å². The molecule has 31 heavy (non-hydrogen) atoms. The molecule has 2 aromatic rings. The number of hydrogen-bond acceptors (Lipinski definition) is 6. The summed E-state index contributed by atoms with van der Waals surface area (Å²) in [4.78, 5) is 21.4. The Kier molecular flexibility index (Phi) is 7.84. The van der Waals surface area contributed by atoms with Crippen LogP contribution in [0.3, 0.4) is 0 Å². The molecule has 0 saturated carbocycles. The van der Waals surface area contributed by atoms with Gasteiger partial charge in [-0.25, -0.2) is 0 Å². The van der Waals surface area contributed by atoms with Crippen molar-refractivity contribution in [2.24, 2.45) is 5.92 Å². The maximum absolute atomic E-state index is 12.4. The second-order valence-electron chi connectivity index (χ2n) is 9.84. The minimum Gasteiger partial charge on any atom is -0.356 e. The third kappa shape index (κ3) is 6.87. The molecule has 0 bridgehead atoms. The number of aromatic nitrogens is 2. The minimum absolute atomic E-state index is 0.107. The molecule has 0 radical (unpaired) electrons. The van der Waals surface area contributed by atoms with Gasteiger partial charge in [0.05, 0.1) is 6.54 Å². The van der Waals surface area contributed by atoms with Crippen LogP contribution in [0.1, 0.15) is 51.5 Å². The molecule has 1 saturated heterocycles. The third-order valence-corrected chi connectivity index (χ3v) is 5.88. The summed E-state index contributed by atoms with van der Waals surface area (Å²) in [6.45, 7) is 10.7. The Morgan fingerprint density at radius 1 is 1.19 bits per heavy atom. The van der Waals surface area contributed by atoms with E-state index >= 15 is 0 Å². The van der Waals surface area contributed by atoms with Crippen molar-refractivity contribution in [2.75, 3.05) is 40.3 Å². The average Bonchev–Trinajstić information content (AvgIpc) is 3.19. The first kappa shape index (κ1) is 23.4. The molecule has 7 heteroatoms. The van der Waals surface area contributed by atoms with Crippen LogP contribution in [-0.2, 0) is 16.8 Å². The molecule has 0 atom stereocenters. The molecule has 3 rings (SSSR count). The van der Waals surface area contributed by atoms with Gasteiger partial charge in [-0.1, -0.05) is 50.2 Å². The zero-order chi connectivity index (χ0) is 22.4. The standard InChI is InChI=1S/C24H37N5O2/c1-24(2,3)20-9-7-18(8-10-20)22-26-21(31-27-22)17-29-15-11-19(12-16-29)23(30)25-13-6-14-28(4)5/h7-10,19H,6,11-17H2,1-5H3,(H,25,30). The van der Waals surface area contributed by atoms with Crippen molar-refractivity contribution < 1.29 is 9.32 Å². The van der Waals surface area contributed by atoms with Crippen LogP contribution < -0.4 is 5.32 Å². The molecule has 1 aromatic carbocycles. The average molecular weight is 428 g/mol. The summed E-state index contributed by atoms with van der Waals surface area (Å²) in [5.74, 6) is 1.55. The van der Waals surface area contributed by atoms with Gasteiger partial charge >= 0.3 is 0 Å². The van der Waals surface area contributed by atoms with Crippen LogP contribution in [0.5, 0.6) is 0 Å². The fraction of sp³-hybridized carbons (Fsp3) is 0.625. The molecule has 0 aliphatic carbocycles. The quantitative estimate of drug-likeness (QED) is 0.652. The van der Waals surface area contributed by atoms with Crippen LogP contribution in [0.25, 0.3) is 11.4 Å². The van der Waals surface area contributed by atoms with Gasteiger partial charge in [0.15, 0.2) is 0 Å². The van der Waals surface area contributed by atoms with E-state index in [0.717, 1.165) is 51.0 Å². The molecular formula is C24H37N5O2. The van der Waals surface area contributed by atoms with Crippen molar-refractivity contribution in [3.63, 3.8) is 0 Å². The lowest BCUT2D eigenvalue weighted by Gasteiger charge is -2.30. The van der Waals surface area contributed by atoms with Crippen molar-refractivity contribution in [3.05, 3.63) is 35.7 Å². The van der Waals surface area contributed by atoms with Gasteiger partial charge in [-0.3, -0.25) is 9.69 Å². The van der Waals surface area contributed by atoms with Crippen LogP contribution in [0.2, 0.25) is 0 Å². The molecule has 1 aliphatic rings. The number of nitrogens with one attached hydrogen (secondary N) is 1. The number of likely N-dealkylation sites (tertiary alicyclic amines) is 1. The summed E-state index contributed by atoms with van der Waals surface area (Å²) in [6.07, 6.45) is 2.72. The minimum atomic E-state index is 0.107. The van der Waals surface area contributed by atoms with Crippen LogP contribution in [-0.4, -0.2) is 66.1 Å². The molecule has 2 heterocycles. The monoisotopic (exact) mass is 427 g/mol. The van der Waals surface area contributed by atoms with E-state index in [-0.39, 0.29) is 17.2 Å². The summed E-state index contributed by atoms with van der Waals surface area (Å²) in [5, 5.41) is 7.24. The Bertz CT molecular complexity index is 830.